The molecule has 60 heavy (non-hydrogen) atoms. The van der Waals surface area contributed by atoms with Crippen molar-refractivity contribution >= 4 is 65.4 Å². The van der Waals surface area contributed by atoms with E-state index in [-0.39, 0.29) is 24.6 Å². The Labute approximate surface area is 355 Å². The minimum atomic E-state index is -0.0467. The van der Waals surface area contributed by atoms with Gasteiger partial charge in [-0.05, 0) is 48.5 Å². The summed E-state index contributed by atoms with van der Waals surface area (Å²) in [6, 6.07) is 61.2. The molecular formula is C51H31LiN7O+. The van der Waals surface area contributed by atoms with E-state index in [2.05, 4.69) is 111 Å². The SMILES string of the molecule is [Li+].[O-]c1ccccc1-c1ccc2ccc3ccc(-c4nc(-c5ccccc5)nc(-n5c6ccccc6c6ccc7c8ccccc8n(-c8ccccc8)c7c65)n4)nc3c2[nH+]1. The summed E-state index contributed by atoms with van der Waals surface area (Å²) in [5, 5.41) is 19.3. The summed E-state index contributed by atoms with van der Waals surface area (Å²) >= 11 is 0. The van der Waals surface area contributed by atoms with Crippen LogP contribution in [0.25, 0.3) is 111 Å². The van der Waals surface area contributed by atoms with Crippen molar-refractivity contribution < 1.29 is 29.0 Å². The molecule has 1 N–H and O–H groups in total. The van der Waals surface area contributed by atoms with Crippen molar-refractivity contribution in [1.29, 1.82) is 0 Å². The van der Waals surface area contributed by atoms with Crippen LogP contribution in [0.3, 0.4) is 0 Å². The van der Waals surface area contributed by atoms with E-state index in [4.69, 9.17) is 19.9 Å². The van der Waals surface area contributed by atoms with E-state index in [1.807, 2.05) is 72.8 Å². The van der Waals surface area contributed by atoms with Crippen molar-refractivity contribution in [3.8, 4) is 51.5 Å². The standard InChI is InChI=1S/C51H31N7O.Li/c59-44-22-12-9-19-39(44)40-29-25-31-23-24-32-26-30-41(53-46(32)45(31)52-40)50-54-49(33-13-3-1-4-14-33)55-51(56-50)58-43-21-11-8-18-36(43)38-28-27-37-35-17-7-10-20-42(35)57(47(37)48(38)58)34-15-5-2-6-16-34;/h1-30,59H;/q;+1. The number of aromatic nitrogens is 7. The molecule has 8 nitrogen and oxygen atoms in total. The van der Waals surface area contributed by atoms with Gasteiger partial charge in [-0.3, -0.25) is 4.57 Å². The van der Waals surface area contributed by atoms with Gasteiger partial charge in [-0.1, -0.05) is 133 Å². The van der Waals surface area contributed by atoms with Crippen molar-refractivity contribution in [2.24, 2.45) is 0 Å². The Hall–Kier alpha value is -7.63. The Morgan fingerprint density at radius 1 is 0.450 bits per heavy atom. The monoisotopic (exact) mass is 764 g/mol. The minimum Gasteiger partial charge on any atom is -0.872 e. The summed E-state index contributed by atoms with van der Waals surface area (Å²) in [5.41, 5.74) is 9.58. The molecule has 0 spiro atoms. The molecule has 0 amide bonds. The number of pyridine rings is 2. The maximum Gasteiger partial charge on any atom is 1.00 e. The van der Waals surface area contributed by atoms with Gasteiger partial charge in [0, 0.05) is 55.2 Å². The third-order valence-corrected chi connectivity index (χ3v) is 11.3. The number of nitrogens with one attached hydrogen (secondary N) is 1. The number of hydrogen-bond acceptors (Lipinski definition) is 5. The van der Waals surface area contributed by atoms with Gasteiger partial charge in [-0.25, -0.2) is 15.0 Å². The number of nitrogens with zero attached hydrogens (tertiary/aromatic N) is 6. The van der Waals surface area contributed by atoms with Gasteiger partial charge in [0.15, 0.2) is 11.6 Å². The quantitative estimate of drug-likeness (QED) is 0.133. The van der Waals surface area contributed by atoms with Crippen LogP contribution in [0.4, 0.5) is 0 Å². The Balaban J connectivity index is 0.00000408. The van der Waals surface area contributed by atoms with Crippen LogP contribution in [0, 0.1) is 0 Å². The third-order valence-electron chi connectivity index (χ3n) is 11.3. The second kappa shape index (κ2) is 14.0. The molecule has 5 aromatic heterocycles. The second-order valence-corrected chi connectivity index (χ2v) is 14.7. The van der Waals surface area contributed by atoms with Crippen molar-refractivity contribution in [3.05, 3.63) is 182 Å². The molecule has 0 saturated carbocycles. The average molecular weight is 765 g/mol. The molecule has 7 aromatic carbocycles. The Bertz CT molecular complexity index is 3640. The molecule has 5 heterocycles. The van der Waals surface area contributed by atoms with Gasteiger partial charge < -0.3 is 9.67 Å². The normalized spacial score (nSPS) is 11.6. The fourth-order valence-corrected chi connectivity index (χ4v) is 8.64. The first-order valence-corrected chi connectivity index (χ1v) is 19.5. The topological polar surface area (TPSA) is 98.6 Å². The largest absolute Gasteiger partial charge is 1.00 e. The zero-order valence-corrected chi connectivity index (χ0v) is 32.4. The molecule has 0 radical (unpaired) electrons. The Morgan fingerprint density at radius 2 is 1.03 bits per heavy atom. The van der Waals surface area contributed by atoms with Crippen LogP contribution in [-0.4, -0.2) is 29.1 Å². The smallest absolute Gasteiger partial charge is 0.872 e. The van der Waals surface area contributed by atoms with Gasteiger partial charge in [-0.15, -0.1) is 0 Å². The zero-order valence-electron chi connectivity index (χ0n) is 32.4. The van der Waals surface area contributed by atoms with Gasteiger partial charge in [0.25, 0.3) is 0 Å². The second-order valence-electron chi connectivity index (χ2n) is 14.7. The zero-order chi connectivity index (χ0) is 39.0. The number of H-pyrrole nitrogens is 1. The number of hydrogen-bond donors (Lipinski definition) is 0. The molecule has 0 saturated heterocycles. The van der Waals surface area contributed by atoms with Crippen LogP contribution in [0.15, 0.2) is 182 Å². The number of para-hydroxylation sites is 4. The van der Waals surface area contributed by atoms with Gasteiger partial charge >= 0.3 is 18.9 Å². The summed E-state index contributed by atoms with van der Waals surface area (Å²) in [4.78, 5) is 24.5. The van der Waals surface area contributed by atoms with Crippen LogP contribution < -0.4 is 29.0 Å². The first kappa shape index (κ1) is 35.5. The van der Waals surface area contributed by atoms with E-state index in [9.17, 15) is 5.11 Å². The van der Waals surface area contributed by atoms with Crippen LogP contribution >= 0.6 is 0 Å². The number of fused-ring (bicyclic) bond motifs is 10. The molecule has 9 heteroatoms. The Kier molecular flexibility index (Phi) is 8.31. The fraction of sp³-hybridized carbons (Fsp3) is 0. The number of aromatic amines is 1. The van der Waals surface area contributed by atoms with Gasteiger partial charge in [0.1, 0.15) is 11.2 Å². The fourth-order valence-electron chi connectivity index (χ4n) is 8.64. The van der Waals surface area contributed by atoms with Crippen LogP contribution in [0.5, 0.6) is 5.75 Å². The minimum absolute atomic E-state index is 0. The van der Waals surface area contributed by atoms with Crippen molar-refractivity contribution in [2.45, 2.75) is 0 Å². The molecule has 0 fully saturated rings. The summed E-state index contributed by atoms with van der Waals surface area (Å²) in [6.45, 7) is 0. The van der Waals surface area contributed by atoms with Crippen molar-refractivity contribution in [1.82, 2.24) is 29.1 Å². The third kappa shape index (κ3) is 5.50. The average Bonchev–Trinajstić information content (AvgIpc) is 3.82. The van der Waals surface area contributed by atoms with E-state index in [0.29, 0.717) is 28.9 Å². The molecule has 0 aliphatic carbocycles. The molecule has 0 aliphatic rings. The molecule has 276 valence electrons. The van der Waals surface area contributed by atoms with Gasteiger partial charge in [0.05, 0.1) is 22.1 Å². The van der Waals surface area contributed by atoms with Crippen molar-refractivity contribution in [3.63, 3.8) is 0 Å². The predicted molar refractivity (Wildman–Crippen MR) is 234 cm³/mol. The van der Waals surface area contributed by atoms with Gasteiger partial charge in [-0.2, -0.15) is 9.97 Å². The maximum atomic E-state index is 12.8. The Morgan fingerprint density at radius 3 is 1.78 bits per heavy atom. The molecule has 0 bridgehead atoms. The predicted octanol–water partition coefficient (Wildman–Crippen LogP) is 7.66. The molecule has 0 atom stereocenters. The number of rotatable bonds is 5. The van der Waals surface area contributed by atoms with E-state index >= 15 is 0 Å². The first-order valence-electron chi connectivity index (χ1n) is 19.5. The van der Waals surface area contributed by atoms with E-state index < -0.39 is 0 Å². The summed E-state index contributed by atoms with van der Waals surface area (Å²) in [6.07, 6.45) is 0. The first-order chi connectivity index (χ1) is 29.2. The molecule has 0 aliphatic heterocycles. The van der Waals surface area contributed by atoms with Gasteiger partial charge in [0.2, 0.25) is 17.2 Å². The van der Waals surface area contributed by atoms with E-state index in [1.165, 1.54) is 0 Å². The van der Waals surface area contributed by atoms with Crippen molar-refractivity contribution in [2.75, 3.05) is 0 Å². The molecular weight excluding hydrogens is 734 g/mol. The summed E-state index contributed by atoms with van der Waals surface area (Å²) in [7, 11) is 0. The summed E-state index contributed by atoms with van der Waals surface area (Å²) < 4.78 is 4.55. The molecule has 12 aromatic rings. The number of benzene rings is 7. The summed E-state index contributed by atoms with van der Waals surface area (Å²) in [5.74, 6) is 1.41. The van der Waals surface area contributed by atoms with Crippen LogP contribution in [0.2, 0.25) is 0 Å². The van der Waals surface area contributed by atoms with E-state index in [1.54, 1.807) is 12.1 Å². The maximum absolute atomic E-state index is 12.8. The molecule has 12 rings (SSSR count). The van der Waals surface area contributed by atoms with Crippen LogP contribution in [0.1, 0.15) is 0 Å². The van der Waals surface area contributed by atoms with Crippen LogP contribution in [-0.2, 0) is 0 Å². The van der Waals surface area contributed by atoms with E-state index in [0.717, 1.165) is 82.4 Å². The molecule has 0 unspecified atom stereocenters.